The molecule has 1 heterocycles. The lowest BCUT2D eigenvalue weighted by Gasteiger charge is -2.51. The van der Waals surface area contributed by atoms with E-state index in [2.05, 4.69) is 0 Å². The number of rotatable bonds is 2. The lowest BCUT2D eigenvalue weighted by atomic mass is 9.56. The third kappa shape index (κ3) is 1.17. The van der Waals surface area contributed by atoms with Gasteiger partial charge in [0.15, 0.2) is 0 Å². The highest BCUT2D eigenvalue weighted by Crippen LogP contribution is 2.53. The molecule has 0 aromatic carbocycles. The molecule has 1 saturated heterocycles. The molecule has 2 rings (SSSR count). The highest BCUT2D eigenvalue weighted by Gasteiger charge is 2.59. The summed E-state index contributed by atoms with van der Waals surface area (Å²) >= 11 is 0. The van der Waals surface area contributed by atoms with Crippen LogP contribution in [0.5, 0.6) is 0 Å². The Bertz CT molecular complexity index is 239. The lowest BCUT2D eigenvalue weighted by Crippen LogP contribution is -2.59. The minimum absolute atomic E-state index is 0.458. The van der Waals surface area contributed by atoms with E-state index < -0.39 is 17.0 Å². The summed E-state index contributed by atoms with van der Waals surface area (Å²) in [5.74, 6) is -0.840. The number of ether oxygens (including phenoxy) is 1. The standard InChI is InChI=1S/C10H16O4/c11-8(12)9(2-1-3-9)10(13)4-6-14-7-5-10/h13H,1-7H2,(H,11,12). The summed E-state index contributed by atoms with van der Waals surface area (Å²) in [6.07, 6.45) is 3.05. The summed E-state index contributed by atoms with van der Waals surface area (Å²) in [7, 11) is 0. The molecular formula is C10H16O4. The van der Waals surface area contributed by atoms with Crippen LogP contribution in [0.2, 0.25) is 0 Å². The summed E-state index contributed by atoms with van der Waals surface area (Å²) in [5, 5.41) is 19.6. The normalized spacial score (nSPS) is 29.2. The molecular weight excluding hydrogens is 184 g/mol. The van der Waals surface area contributed by atoms with E-state index in [1.807, 2.05) is 0 Å². The van der Waals surface area contributed by atoms with E-state index in [0.29, 0.717) is 38.9 Å². The number of carbonyl (C=O) groups is 1. The van der Waals surface area contributed by atoms with Crippen molar-refractivity contribution in [3.05, 3.63) is 0 Å². The molecule has 2 fully saturated rings. The summed E-state index contributed by atoms with van der Waals surface area (Å²) in [4.78, 5) is 11.2. The fourth-order valence-corrected chi connectivity index (χ4v) is 2.60. The molecule has 1 saturated carbocycles. The van der Waals surface area contributed by atoms with Gasteiger partial charge in [0.25, 0.3) is 0 Å². The predicted octanol–water partition coefficient (Wildman–Crippen LogP) is 0.783. The fourth-order valence-electron chi connectivity index (χ4n) is 2.60. The largest absolute Gasteiger partial charge is 0.481 e. The summed E-state index contributed by atoms with van der Waals surface area (Å²) < 4.78 is 5.16. The maximum atomic E-state index is 11.2. The van der Waals surface area contributed by atoms with E-state index in [1.165, 1.54) is 0 Å². The molecule has 0 aromatic rings. The Morgan fingerprint density at radius 3 is 2.07 bits per heavy atom. The van der Waals surface area contributed by atoms with Crippen molar-refractivity contribution in [3.8, 4) is 0 Å². The first kappa shape index (κ1) is 9.93. The highest BCUT2D eigenvalue weighted by atomic mass is 16.5. The van der Waals surface area contributed by atoms with Gasteiger partial charge in [0, 0.05) is 26.1 Å². The third-order valence-electron chi connectivity index (χ3n) is 3.83. The Kier molecular flexibility index (Phi) is 2.27. The fraction of sp³-hybridized carbons (Fsp3) is 0.900. The van der Waals surface area contributed by atoms with Gasteiger partial charge in [0.2, 0.25) is 0 Å². The Morgan fingerprint density at radius 2 is 1.71 bits per heavy atom. The van der Waals surface area contributed by atoms with Crippen molar-refractivity contribution in [1.82, 2.24) is 0 Å². The van der Waals surface area contributed by atoms with Crippen LogP contribution in [0.4, 0.5) is 0 Å². The zero-order chi connectivity index (χ0) is 10.2. The Labute approximate surface area is 82.9 Å². The van der Waals surface area contributed by atoms with Crippen LogP contribution < -0.4 is 0 Å². The zero-order valence-corrected chi connectivity index (χ0v) is 8.16. The second kappa shape index (κ2) is 3.21. The van der Waals surface area contributed by atoms with Crippen molar-refractivity contribution < 1.29 is 19.7 Å². The van der Waals surface area contributed by atoms with E-state index in [4.69, 9.17) is 4.74 Å². The van der Waals surface area contributed by atoms with Gasteiger partial charge >= 0.3 is 5.97 Å². The molecule has 0 unspecified atom stereocenters. The molecule has 0 bridgehead atoms. The Balaban J connectivity index is 2.21. The number of aliphatic carboxylic acids is 1. The molecule has 80 valence electrons. The first-order valence-corrected chi connectivity index (χ1v) is 5.14. The topological polar surface area (TPSA) is 66.8 Å². The summed E-state index contributed by atoms with van der Waals surface area (Å²) in [5.41, 5.74) is -1.91. The van der Waals surface area contributed by atoms with E-state index >= 15 is 0 Å². The third-order valence-corrected chi connectivity index (χ3v) is 3.83. The Morgan fingerprint density at radius 1 is 1.14 bits per heavy atom. The van der Waals surface area contributed by atoms with Crippen molar-refractivity contribution in [2.45, 2.75) is 37.7 Å². The van der Waals surface area contributed by atoms with E-state index in [1.54, 1.807) is 0 Å². The number of carboxylic acids is 1. The van der Waals surface area contributed by atoms with E-state index in [0.717, 1.165) is 6.42 Å². The average Bonchev–Trinajstić information content (AvgIpc) is 2.01. The smallest absolute Gasteiger partial charge is 0.312 e. The monoisotopic (exact) mass is 200 g/mol. The maximum Gasteiger partial charge on any atom is 0.312 e. The van der Waals surface area contributed by atoms with Crippen LogP contribution in [-0.2, 0) is 9.53 Å². The van der Waals surface area contributed by atoms with E-state index in [9.17, 15) is 15.0 Å². The average molecular weight is 200 g/mol. The van der Waals surface area contributed by atoms with Gasteiger partial charge in [-0.2, -0.15) is 0 Å². The molecule has 4 nitrogen and oxygen atoms in total. The van der Waals surface area contributed by atoms with Crippen LogP contribution in [0.1, 0.15) is 32.1 Å². The molecule has 2 aliphatic rings. The molecule has 0 aromatic heterocycles. The molecule has 0 radical (unpaired) electrons. The molecule has 0 amide bonds. The number of aliphatic hydroxyl groups is 1. The molecule has 1 aliphatic carbocycles. The van der Waals surface area contributed by atoms with Crippen molar-refractivity contribution in [2.75, 3.05) is 13.2 Å². The second-order valence-electron chi connectivity index (χ2n) is 4.38. The van der Waals surface area contributed by atoms with Crippen LogP contribution >= 0.6 is 0 Å². The van der Waals surface area contributed by atoms with Gasteiger partial charge in [-0.05, 0) is 12.8 Å². The molecule has 14 heavy (non-hydrogen) atoms. The minimum Gasteiger partial charge on any atom is -0.481 e. The highest BCUT2D eigenvalue weighted by molar-refractivity contribution is 5.77. The second-order valence-corrected chi connectivity index (χ2v) is 4.38. The number of carboxylic acid groups (broad SMARTS) is 1. The van der Waals surface area contributed by atoms with Gasteiger partial charge in [-0.25, -0.2) is 0 Å². The van der Waals surface area contributed by atoms with Crippen LogP contribution in [0.25, 0.3) is 0 Å². The zero-order valence-electron chi connectivity index (χ0n) is 8.16. The van der Waals surface area contributed by atoms with Crippen molar-refractivity contribution in [3.63, 3.8) is 0 Å². The minimum atomic E-state index is -1.03. The van der Waals surface area contributed by atoms with Crippen LogP contribution in [0.3, 0.4) is 0 Å². The van der Waals surface area contributed by atoms with E-state index in [-0.39, 0.29) is 0 Å². The summed E-state index contributed by atoms with van der Waals surface area (Å²) in [6, 6.07) is 0. The number of hydrogen-bond acceptors (Lipinski definition) is 3. The lowest BCUT2D eigenvalue weighted by molar-refractivity contribution is -0.200. The predicted molar refractivity (Wildman–Crippen MR) is 48.9 cm³/mol. The quantitative estimate of drug-likeness (QED) is 0.691. The SMILES string of the molecule is O=C(O)C1(C2(O)CCOCC2)CCC1. The van der Waals surface area contributed by atoms with Crippen molar-refractivity contribution in [1.29, 1.82) is 0 Å². The van der Waals surface area contributed by atoms with Gasteiger partial charge in [-0.1, -0.05) is 6.42 Å². The first-order valence-electron chi connectivity index (χ1n) is 5.14. The van der Waals surface area contributed by atoms with Crippen molar-refractivity contribution in [2.24, 2.45) is 5.41 Å². The van der Waals surface area contributed by atoms with Gasteiger partial charge in [0.1, 0.15) is 0 Å². The van der Waals surface area contributed by atoms with Gasteiger partial charge in [-0.15, -0.1) is 0 Å². The molecule has 0 atom stereocenters. The van der Waals surface area contributed by atoms with Gasteiger partial charge in [-0.3, -0.25) is 4.79 Å². The number of hydrogen-bond donors (Lipinski definition) is 2. The molecule has 4 heteroatoms. The molecule has 1 aliphatic heterocycles. The van der Waals surface area contributed by atoms with Crippen LogP contribution in [-0.4, -0.2) is 35.0 Å². The molecule has 0 spiro atoms. The maximum absolute atomic E-state index is 11.2. The molecule has 2 N–H and O–H groups in total. The van der Waals surface area contributed by atoms with Gasteiger partial charge < -0.3 is 14.9 Å². The Hall–Kier alpha value is -0.610. The van der Waals surface area contributed by atoms with Crippen molar-refractivity contribution >= 4 is 5.97 Å². The van der Waals surface area contributed by atoms with Gasteiger partial charge in [0.05, 0.1) is 11.0 Å². The summed E-state index contributed by atoms with van der Waals surface area (Å²) in [6.45, 7) is 0.955. The first-order chi connectivity index (χ1) is 6.61. The van der Waals surface area contributed by atoms with Crippen LogP contribution in [0.15, 0.2) is 0 Å². The van der Waals surface area contributed by atoms with Crippen LogP contribution in [0, 0.1) is 5.41 Å².